The fraction of sp³-hybridized carbons (Fsp3) is 0.538. The SMILES string of the molecule is CC(CCS(C)=O)NS(=O)(=O)c1ccc(CCN)cc1. The second kappa shape index (κ2) is 7.87. The van der Waals surface area contributed by atoms with Crippen molar-refractivity contribution in [2.45, 2.75) is 30.7 Å². The fourth-order valence-corrected chi connectivity index (χ4v) is 3.70. The van der Waals surface area contributed by atoms with Crippen LogP contribution >= 0.6 is 0 Å². The van der Waals surface area contributed by atoms with Gasteiger partial charge in [0.2, 0.25) is 10.0 Å². The standard InChI is InChI=1S/C13H22N2O3S2/c1-11(8-10-19(2)16)15-20(17,18)13-5-3-12(4-6-13)7-9-14/h3-6,11,15H,7-10,14H2,1-2H3. The summed E-state index contributed by atoms with van der Waals surface area (Å²) in [6.07, 6.45) is 2.89. The molecule has 1 rings (SSSR count). The van der Waals surface area contributed by atoms with Gasteiger partial charge in [-0.1, -0.05) is 12.1 Å². The maximum absolute atomic E-state index is 12.1. The molecule has 0 heterocycles. The highest BCUT2D eigenvalue weighted by atomic mass is 32.2. The molecule has 0 aliphatic carbocycles. The van der Waals surface area contributed by atoms with E-state index in [2.05, 4.69) is 4.72 Å². The van der Waals surface area contributed by atoms with Gasteiger partial charge in [0, 0.05) is 28.9 Å². The van der Waals surface area contributed by atoms with Crippen LogP contribution in [0.4, 0.5) is 0 Å². The number of nitrogens with one attached hydrogen (secondary N) is 1. The van der Waals surface area contributed by atoms with E-state index >= 15 is 0 Å². The Balaban J connectivity index is 2.70. The van der Waals surface area contributed by atoms with E-state index < -0.39 is 20.8 Å². The molecule has 7 heteroatoms. The van der Waals surface area contributed by atoms with Gasteiger partial charge in [0.1, 0.15) is 0 Å². The molecule has 0 saturated heterocycles. The number of hydrogen-bond donors (Lipinski definition) is 2. The summed E-state index contributed by atoms with van der Waals surface area (Å²) in [6, 6.07) is 6.46. The van der Waals surface area contributed by atoms with E-state index in [4.69, 9.17) is 5.73 Å². The van der Waals surface area contributed by atoms with Gasteiger partial charge in [-0.15, -0.1) is 0 Å². The molecule has 0 fully saturated rings. The Kier molecular flexibility index (Phi) is 6.81. The molecule has 20 heavy (non-hydrogen) atoms. The summed E-state index contributed by atoms with van der Waals surface area (Å²) in [7, 11) is -4.43. The molecule has 3 N–H and O–H groups in total. The summed E-state index contributed by atoms with van der Waals surface area (Å²) in [6.45, 7) is 2.31. The lowest BCUT2D eigenvalue weighted by atomic mass is 10.2. The van der Waals surface area contributed by atoms with E-state index in [1.807, 2.05) is 0 Å². The van der Waals surface area contributed by atoms with Gasteiger partial charge < -0.3 is 5.73 Å². The third kappa shape index (κ3) is 5.70. The van der Waals surface area contributed by atoms with Crippen molar-refractivity contribution >= 4 is 20.8 Å². The summed E-state index contributed by atoms with van der Waals surface area (Å²) in [5.74, 6) is 0.485. The third-order valence-corrected chi connectivity index (χ3v) is 5.28. The first-order valence-corrected chi connectivity index (χ1v) is 9.67. The molecule has 114 valence electrons. The molecule has 0 radical (unpaired) electrons. The Labute approximate surface area is 123 Å². The van der Waals surface area contributed by atoms with Crippen LogP contribution < -0.4 is 10.5 Å². The molecular formula is C13H22N2O3S2. The minimum atomic E-state index is -3.52. The fourth-order valence-electron chi connectivity index (χ4n) is 1.74. The smallest absolute Gasteiger partial charge is 0.240 e. The number of benzene rings is 1. The minimum absolute atomic E-state index is 0.239. The Morgan fingerprint density at radius 3 is 2.40 bits per heavy atom. The normalized spacial score (nSPS) is 14.9. The number of sulfonamides is 1. The lowest BCUT2D eigenvalue weighted by molar-refractivity contribution is 0.555. The van der Waals surface area contributed by atoms with E-state index in [1.165, 1.54) is 0 Å². The summed E-state index contributed by atoms with van der Waals surface area (Å²) < 4.78 is 37.9. The van der Waals surface area contributed by atoms with Crippen molar-refractivity contribution in [3.63, 3.8) is 0 Å². The lowest BCUT2D eigenvalue weighted by Gasteiger charge is -2.13. The van der Waals surface area contributed by atoms with Crippen molar-refractivity contribution < 1.29 is 12.6 Å². The van der Waals surface area contributed by atoms with E-state index in [-0.39, 0.29) is 10.9 Å². The number of rotatable bonds is 8. The Hall–Kier alpha value is -0.760. The van der Waals surface area contributed by atoms with Crippen molar-refractivity contribution in [3.8, 4) is 0 Å². The molecule has 0 aromatic heterocycles. The van der Waals surface area contributed by atoms with Gasteiger partial charge in [0.15, 0.2) is 0 Å². The first kappa shape index (κ1) is 17.3. The molecule has 0 aliphatic rings. The molecule has 1 aromatic rings. The second-order valence-electron chi connectivity index (χ2n) is 4.77. The van der Waals surface area contributed by atoms with Crippen LogP contribution in [-0.4, -0.2) is 37.2 Å². The lowest BCUT2D eigenvalue weighted by Crippen LogP contribution is -2.33. The van der Waals surface area contributed by atoms with Crippen molar-refractivity contribution in [1.82, 2.24) is 4.72 Å². The van der Waals surface area contributed by atoms with Crippen molar-refractivity contribution in [1.29, 1.82) is 0 Å². The van der Waals surface area contributed by atoms with Crippen LogP contribution in [0.15, 0.2) is 29.2 Å². The average molecular weight is 318 g/mol. The summed E-state index contributed by atoms with van der Waals surface area (Å²) in [4.78, 5) is 0.239. The van der Waals surface area contributed by atoms with E-state index in [0.717, 1.165) is 12.0 Å². The van der Waals surface area contributed by atoms with Crippen LogP contribution in [0.1, 0.15) is 18.9 Å². The van der Waals surface area contributed by atoms with Gasteiger partial charge in [-0.2, -0.15) is 0 Å². The van der Waals surface area contributed by atoms with E-state index in [1.54, 1.807) is 37.4 Å². The highest BCUT2D eigenvalue weighted by Crippen LogP contribution is 2.12. The molecule has 0 spiro atoms. The maximum Gasteiger partial charge on any atom is 0.240 e. The zero-order chi connectivity index (χ0) is 15.2. The zero-order valence-electron chi connectivity index (χ0n) is 11.8. The van der Waals surface area contributed by atoms with Gasteiger partial charge in [0.05, 0.1) is 4.90 Å². The van der Waals surface area contributed by atoms with Crippen LogP contribution in [0.25, 0.3) is 0 Å². The van der Waals surface area contributed by atoms with Gasteiger partial charge in [-0.3, -0.25) is 4.21 Å². The molecule has 0 bridgehead atoms. The predicted molar refractivity (Wildman–Crippen MR) is 82.5 cm³/mol. The van der Waals surface area contributed by atoms with Gasteiger partial charge >= 0.3 is 0 Å². The van der Waals surface area contributed by atoms with Gasteiger partial charge in [-0.05, 0) is 44.0 Å². The molecule has 0 amide bonds. The molecule has 5 nitrogen and oxygen atoms in total. The molecule has 2 atom stereocenters. The molecule has 0 saturated carbocycles. The molecule has 2 unspecified atom stereocenters. The number of nitrogens with two attached hydrogens (primary N) is 1. The predicted octanol–water partition coefficient (Wildman–Crippen LogP) is 0.623. The topological polar surface area (TPSA) is 89.3 Å². The number of hydrogen-bond acceptors (Lipinski definition) is 4. The third-order valence-electron chi connectivity index (χ3n) is 2.86. The average Bonchev–Trinajstić information content (AvgIpc) is 2.37. The highest BCUT2D eigenvalue weighted by molar-refractivity contribution is 7.89. The van der Waals surface area contributed by atoms with E-state index in [9.17, 15) is 12.6 Å². The maximum atomic E-state index is 12.1. The van der Waals surface area contributed by atoms with Gasteiger partial charge in [0.25, 0.3) is 0 Å². The highest BCUT2D eigenvalue weighted by Gasteiger charge is 2.17. The molecule has 0 aliphatic heterocycles. The zero-order valence-corrected chi connectivity index (χ0v) is 13.5. The van der Waals surface area contributed by atoms with Crippen LogP contribution in [-0.2, 0) is 27.2 Å². The Bertz CT molecular complexity index is 541. The van der Waals surface area contributed by atoms with Crippen LogP contribution in [0, 0.1) is 0 Å². The summed E-state index contributed by atoms with van der Waals surface area (Å²) in [5.41, 5.74) is 6.47. The minimum Gasteiger partial charge on any atom is -0.330 e. The summed E-state index contributed by atoms with van der Waals surface area (Å²) in [5, 5.41) is 0. The van der Waals surface area contributed by atoms with Crippen LogP contribution in [0.5, 0.6) is 0 Å². The largest absolute Gasteiger partial charge is 0.330 e. The van der Waals surface area contributed by atoms with Crippen molar-refractivity contribution in [2.24, 2.45) is 5.73 Å². The molecule has 1 aromatic carbocycles. The van der Waals surface area contributed by atoms with Crippen molar-refractivity contribution in [3.05, 3.63) is 29.8 Å². The molecular weight excluding hydrogens is 296 g/mol. The first-order valence-electron chi connectivity index (χ1n) is 6.46. The quantitative estimate of drug-likeness (QED) is 0.735. The Morgan fingerprint density at radius 2 is 1.90 bits per heavy atom. The van der Waals surface area contributed by atoms with Crippen LogP contribution in [0.2, 0.25) is 0 Å². The van der Waals surface area contributed by atoms with Crippen molar-refractivity contribution in [2.75, 3.05) is 18.6 Å². The Morgan fingerprint density at radius 1 is 1.30 bits per heavy atom. The van der Waals surface area contributed by atoms with Gasteiger partial charge in [-0.25, -0.2) is 13.1 Å². The first-order chi connectivity index (χ1) is 9.35. The summed E-state index contributed by atoms with van der Waals surface area (Å²) >= 11 is 0. The second-order valence-corrected chi connectivity index (χ2v) is 8.04. The van der Waals surface area contributed by atoms with Crippen LogP contribution in [0.3, 0.4) is 0 Å². The monoisotopic (exact) mass is 318 g/mol. The van der Waals surface area contributed by atoms with E-state index in [0.29, 0.717) is 18.7 Å².